The largest absolute Gasteiger partial charge is 0.472 e. The molecule has 0 spiro atoms. The number of carbonyl (C=O) groups is 1. The first-order valence-electron chi connectivity index (χ1n) is 39.3. The van der Waals surface area contributed by atoms with E-state index in [1.165, 1.54) is 308 Å². The van der Waals surface area contributed by atoms with Crippen LogP contribution in [0.5, 0.6) is 0 Å². The van der Waals surface area contributed by atoms with Crippen molar-refractivity contribution in [3.8, 4) is 0 Å². The fourth-order valence-electron chi connectivity index (χ4n) is 11.8. The number of quaternary nitrogens is 1. The molecule has 0 aromatic rings. The Bertz CT molecular complexity index is 1700. The van der Waals surface area contributed by atoms with E-state index < -0.39 is 20.0 Å². The summed E-state index contributed by atoms with van der Waals surface area (Å²) in [6.45, 7) is 4.82. The topological polar surface area (TPSA) is 105 Å². The lowest BCUT2D eigenvalue weighted by Crippen LogP contribution is -2.45. The lowest BCUT2D eigenvalue weighted by Gasteiger charge is -2.25. The van der Waals surface area contributed by atoms with Crippen LogP contribution in [-0.4, -0.2) is 73.4 Å². The minimum Gasteiger partial charge on any atom is -0.387 e. The number of unbranched alkanes of at least 4 members (excludes halogenated alkanes) is 50. The predicted molar refractivity (Wildman–Crippen MR) is 397 cm³/mol. The van der Waals surface area contributed by atoms with Crippen LogP contribution in [0.15, 0.2) is 72.9 Å². The Morgan fingerprint density at radius 1 is 0.378 bits per heavy atom. The Morgan fingerprint density at radius 2 is 0.644 bits per heavy atom. The molecule has 3 atom stereocenters. The molecule has 0 heterocycles. The molecule has 0 aromatic heterocycles. The fraction of sp³-hybridized carbons (Fsp3) is 0.840. The molecule has 0 rings (SSSR count). The first kappa shape index (κ1) is 87.9. The van der Waals surface area contributed by atoms with Crippen molar-refractivity contribution < 1.29 is 32.9 Å². The summed E-state index contributed by atoms with van der Waals surface area (Å²) in [7, 11) is 1.56. The summed E-state index contributed by atoms with van der Waals surface area (Å²) >= 11 is 0. The molecule has 1 amide bonds. The summed E-state index contributed by atoms with van der Waals surface area (Å²) in [6.07, 6.45) is 101. The number of phosphoric acid groups is 1. The van der Waals surface area contributed by atoms with Crippen molar-refractivity contribution in [1.29, 1.82) is 0 Å². The lowest BCUT2D eigenvalue weighted by atomic mass is 10.0. The van der Waals surface area contributed by atoms with Crippen LogP contribution in [0.2, 0.25) is 0 Å². The molecule has 0 aliphatic heterocycles. The van der Waals surface area contributed by atoms with Crippen molar-refractivity contribution in [1.82, 2.24) is 5.32 Å². The first-order valence-corrected chi connectivity index (χ1v) is 40.8. The Labute approximate surface area is 561 Å². The number of phosphoric ester groups is 1. The van der Waals surface area contributed by atoms with Gasteiger partial charge in [-0.05, 0) is 83.5 Å². The van der Waals surface area contributed by atoms with E-state index in [0.717, 1.165) is 57.8 Å². The number of likely N-dealkylation sites (N-methyl/N-ethyl adjacent to an activating group) is 1. The van der Waals surface area contributed by atoms with E-state index in [0.29, 0.717) is 17.4 Å². The third-order valence-electron chi connectivity index (χ3n) is 17.9. The molecule has 3 unspecified atom stereocenters. The molecule has 0 aliphatic carbocycles. The quantitative estimate of drug-likeness (QED) is 0.0243. The van der Waals surface area contributed by atoms with Crippen LogP contribution in [0.25, 0.3) is 0 Å². The van der Waals surface area contributed by atoms with Gasteiger partial charge in [0, 0.05) is 6.42 Å². The number of carbonyl (C=O) groups excluding carboxylic acids is 1. The third-order valence-corrected chi connectivity index (χ3v) is 18.9. The average molecular weight is 1280 g/mol. The highest BCUT2D eigenvalue weighted by molar-refractivity contribution is 7.47. The Morgan fingerprint density at radius 3 is 0.967 bits per heavy atom. The highest BCUT2D eigenvalue weighted by atomic mass is 31.2. The predicted octanol–water partition coefficient (Wildman–Crippen LogP) is 25.7. The first-order chi connectivity index (χ1) is 44.0. The van der Waals surface area contributed by atoms with Gasteiger partial charge in [-0.3, -0.25) is 13.8 Å². The number of allylic oxidation sites excluding steroid dienone is 11. The van der Waals surface area contributed by atoms with Gasteiger partial charge in [0.15, 0.2) is 0 Å². The molecule has 8 nitrogen and oxygen atoms in total. The van der Waals surface area contributed by atoms with Crippen molar-refractivity contribution in [2.24, 2.45) is 0 Å². The second-order valence-electron chi connectivity index (χ2n) is 28.1. The van der Waals surface area contributed by atoms with Crippen LogP contribution < -0.4 is 5.32 Å². The molecule has 9 heteroatoms. The zero-order valence-corrected chi connectivity index (χ0v) is 61.5. The highest BCUT2D eigenvalue weighted by Gasteiger charge is 2.28. The van der Waals surface area contributed by atoms with Crippen molar-refractivity contribution in [2.45, 2.75) is 398 Å². The number of hydrogen-bond acceptors (Lipinski definition) is 5. The maximum atomic E-state index is 13.1. The Hall–Kier alpha value is -2.06. The zero-order valence-electron chi connectivity index (χ0n) is 60.6. The second-order valence-corrected chi connectivity index (χ2v) is 29.5. The van der Waals surface area contributed by atoms with E-state index in [1.54, 1.807) is 6.08 Å². The average Bonchev–Trinajstić information content (AvgIpc) is 3.72. The van der Waals surface area contributed by atoms with Crippen molar-refractivity contribution in [3.05, 3.63) is 72.9 Å². The molecule has 0 saturated carbocycles. The molecule has 0 bridgehead atoms. The summed E-state index contributed by atoms with van der Waals surface area (Å²) in [6, 6.07) is -0.873. The van der Waals surface area contributed by atoms with Gasteiger partial charge < -0.3 is 19.8 Å². The van der Waals surface area contributed by atoms with Crippen LogP contribution in [0.1, 0.15) is 386 Å². The maximum Gasteiger partial charge on any atom is 0.472 e. The Kier molecular flexibility index (Phi) is 69.6. The van der Waals surface area contributed by atoms with Gasteiger partial charge in [-0.2, -0.15) is 0 Å². The van der Waals surface area contributed by atoms with Gasteiger partial charge in [-0.25, -0.2) is 4.57 Å². The summed E-state index contributed by atoms with van der Waals surface area (Å²) in [5, 5.41) is 14.0. The van der Waals surface area contributed by atoms with Gasteiger partial charge >= 0.3 is 7.82 Å². The summed E-state index contributed by atoms with van der Waals surface area (Å²) in [4.78, 5) is 23.5. The van der Waals surface area contributed by atoms with Crippen LogP contribution in [0, 0.1) is 0 Å². The second kappa shape index (κ2) is 71.2. The number of nitrogens with one attached hydrogen (secondary N) is 1. The van der Waals surface area contributed by atoms with E-state index in [1.807, 2.05) is 27.2 Å². The number of rotatable bonds is 73. The van der Waals surface area contributed by atoms with Gasteiger partial charge in [-0.1, -0.05) is 369 Å². The molecule has 0 radical (unpaired) electrons. The molecule has 0 aliphatic rings. The molecule has 528 valence electrons. The van der Waals surface area contributed by atoms with Crippen molar-refractivity contribution in [2.75, 3.05) is 40.9 Å². The molecular weight excluding hydrogens is 1130 g/mol. The van der Waals surface area contributed by atoms with Crippen LogP contribution in [-0.2, 0) is 18.4 Å². The van der Waals surface area contributed by atoms with Crippen molar-refractivity contribution >= 4 is 13.7 Å². The van der Waals surface area contributed by atoms with E-state index >= 15 is 0 Å². The minimum absolute atomic E-state index is 0.0535. The number of hydrogen-bond donors (Lipinski definition) is 3. The molecule has 0 fully saturated rings. The van der Waals surface area contributed by atoms with Gasteiger partial charge in [0.1, 0.15) is 13.2 Å². The van der Waals surface area contributed by atoms with E-state index in [9.17, 15) is 19.4 Å². The zero-order chi connectivity index (χ0) is 65.5. The normalized spacial score (nSPS) is 13.9. The number of aliphatic hydroxyl groups is 1. The highest BCUT2D eigenvalue weighted by Crippen LogP contribution is 2.43. The summed E-state index contributed by atoms with van der Waals surface area (Å²) in [5.74, 6) is -0.185. The number of aliphatic hydroxyl groups excluding tert-OH is 1. The lowest BCUT2D eigenvalue weighted by molar-refractivity contribution is -0.870. The summed E-state index contributed by atoms with van der Waals surface area (Å²) < 4.78 is 23.8. The van der Waals surface area contributed by atoms with E-state index in [4.69, 9.17) is 9.05 Å². The third kappa shape index (κ3) is 73.4. The number of nitrogens with zero attached hydrogens (tertiary/aromatic N) is 1. The Balaban J connectivity index is 4.00. The van der Waals surface area contributed by atoms with E-state index in [2.05, 4.69) is 79.9 Å². The molecule has 90 heavy (non-hydrogen) atoms. The smallest absolute Gasteiger partial charge is 0.387 e. The van der Waals surface area contributed by atoms with Crippen molar-refractivity contribution in [3.63, 3.8) is 0 Å². The molecule has 3 N–H and O–H groups in total. The molecule has 0 saturated heterocycles. The van der Waals surface area contributed by atoms with Gasteiger partial charge in [0.25, 0.3) is 0 Å². The van der Waals surface area contributed by atoms with Crippen LogP contribution in [0.4, 0.5) is 0 Å². The fourth-order valence-corrected chi connectivity index (χ4v) is 12.5. The maximum absolute atomic E-state index is 13.1. The number of amides is 1. The van der Waals surface area contributed by atoms with Gasteiger partial charge in [0.05, 0.1) is 39.9 Å². The van der Waals surface area contributed by atoms with Gasteiger partial charge in [-0.15, -0.1) is 0 Å². The molecular formula is C81H154N2O6P+. The monoisotopic (exact) mass is 1280 g/mol. The molecule has 0 aromatic carbocycles. The van der Waals surface area contributed by atoms with Gasteiger partial charge in [0.2, 0.25) is 5.91 Å². The minimum atomic E-state index is -4.37. The standard InChI is InChI=1S/C81H153N2O6P/c1-6-8-10-12-14-16-18-20-22-24-26-28-30-32-34-36-37-38-39-40-41-42-43-44-45-47-49-51-53-55-57-59-61-63-65-67-69-71-73-75-81(85)82-79(78-89-90(86,87)88-77-76-83(3,4)5)80(84)74-72-70-68-66-64-62-60-58-56-54-52-50-48-46-35-33-31-29-27-25-23-21-19-17-15-13-11-9-7-2/h18,20,24,26,30,32,56,58,64,66,72,74,79-80,84H,6-17,19,21-23,25,27-29,31,33-55,57,59-63,65,67-71,73,75-78H2,1-5H3,(H-,82,85,86,87)/p+1/b20-18-,26-24-,32-30-,58-56+,66-64+,74-72+. The van der Waals surface area contributed by atoms with E-state index in [-0.39, 0.29) is 19.1 Å². The van der Waals surface area contributed by atoms with Crippen LogP contribution >= 0.6 is 7.82 Å². The van der Waals surface area contributed by atoms with Crippen LogP contribution in [0.3, 0.4) is 0 Å². The SMILES string of the molecule is CCCCCCC/C=C\C/C=C\C/C=C\CCCCCCCCCCCCCCCCCCCCCCCCCCC(=O)NC(COP(=O)(O)OCC[N+](C)(C)C)C(O)/C=C/CC/C=C/CC/C=C/CCCCCCCCCCCCCCCCCCCCC. The summed E-state index contributed by atoms with van der Waals surface area (Å²) in [5.41, 5.74) is 0.